The first-order valence-corrected chi connectivity index (χ1v) is 6.98. The lowest BCUT2D eigenvalue weighted by atomic mass is 10.0. The van der Waals surface area contributed by atoms with Crippen molar-refractivity contribution in [3.63, 3.8) is 0 Å². The molecule has 1 unspecified atom stereocenters. The first-order valence-electron chi connectivity index (χ1n) is 6.19. The second-order valence-electron chi connectivity index (χ2n) is 4.13. The van der Waals surface area contributed by atoms with Crippen LogP contribution >= 0.6 is 15.9 Å². The summed E-state index contributed by atoms with van der Waals surface area (Å²) in [6.45, 7) is 4.33. The molecular weight excluding hydrogens is 299 g/mol. The van der Waals surface area contributed by atoms with Gasteiger partial charge >= 0.3 is 0 Å². The van der Waals surface area contributed by atoms with Crippen molar-refractivity contribution >= 4 is 21.7 Å². The molecule has 0 heterocycles. The van der Waals surface area contributed by atoms with Gasteiger partial charge in [0, 0.05) is 23.1 Å². The predicted molar refractivity (Wildman–Crippen MR) is 73.0 cm³/mol. The summed E-state index contributed by atoms with van der Waals surface area (Å²) < 4.78 is 20.1. The van der Waals surface area contributed by atoms with Crippen LogP contribution in [0.25, 0.3) is 0 Å². The number of halogens is 2. The molecule has 1 aromatic carbocycles. The molecular formula is C14H18BrFO2. The summed E-state index contributed by atoms with van der Waals surface area (Å²) in [5.74, 6) is -0.466. The van der Waals surface area contributed by atoms with Crippen molar-refractivity contribution < 1.29 is 13.9 Å². The molecule has 0 radical (unpaired) electrons. The van der Waals surface area contributed by atoms with Gasteiger partial charge in [0.2, 0.25) is 0 Å². The fourth-order valence-corrected chi connectivity index (χ4v) is 2.06. The fourth-order valence-electron chi connectivity index (χ4n) is 1.68. The number of hydrogen-bond donors (Lipinski definition) is 0. The van der Waals surface area contributed by atoms with E-state index >= 15 is 0 Å². The van der Waals surface area contributed by atoms with Gasteiger partial charge in [-0.3, -0.25) is 4.79 Å². The van der Waals surface area contributed by atoms with Crippen molar-refractivity contribution in [2.75, 3.05) is 6.61 Å². The van der Waals surface area contributed by atoms with Crippen molar-refractivity contribution in [1.82, 2.24) is 0 Å². The molecule has 0 amide bonds. The third-order valence-electron chi connectivity index (χ3n) is 2.52. The molecule has 0 aliphatic rings. The Kier molecular flexibility index (Phi) is 6.50. The van der Waals surface area contributed by atoms with Gasteiger partial charge in [0.25, 0.3) is 0 Å². The summed E-state index contributed by atoms with van der Waals surface area (Å²) in [4.78, 5) is 12.0. The summed E-state index contributed by atoms with van der Waals surface area (Å²) in [5.41, 5.74) is 0.316. The molecule has 0 aliphatic carbocycles. The predicted octanol–water partition coefficient (Wildman–Crippen LogP) is 4.43. The number of carbonyl (C=O) groups excluding carboxylic acids is 1. The molecule has 1 aromatic rings. The third kappa shape index (κ3) is 4.18. The average molecular weight is 317 g/mol. The molecule has 0 aromatic heterocycles. The van der Waals surface area contributed by atoms with Crippen LogP contribution in [-0.4, -0.2) is 12.4 Å². The first-order chi connectivity index (χ1) is 8.60. The third-order valence-corrected chi connectivity index (χ3v) is 3.01. The first kappa shape index (κ1) is 15.3. The molecule has 0 N–H and O–H groups in total. The van der Waals surface area contributed by atoms with Crippen LogP contribution in [0.15, 0.2) is 22.7 Å². The standard InChI is InChI=1S/C14H18BrFO2/c1-3-5-13(17)14(18-8-4-2)11-9-10(15)6-7-12(11)16/h6-7,9,14H,3-5,8H2,1-2H3. The van der Waals surface area contributed by atoms with Gasteiger partial charge in [-0.05, 0) is 31.0 Å². The Hall–Kier alpha value is -0.740. The molecule has 0 fully saturated rings. The SMILES string of the molecule is CCCOC(C(=O)CCC)c1cc(Br)ccc1F. The number of Topliss-reactive ketones (excluding diaryl/α,β-unsaturated/α-hetero) is 1. The van der Waals surface area contributed by atoms with Crippen LogP contribution in [-0.2, 0) is 9.53 Å². The second-order valence-corrected chi connectivity index (χ2v) is 5.05. The number of ketones is 1. The summed E-state index contributed by atoms with van der Waals surface area (Å²) in [6.07, 6.45) is 1.15. The van der Waals surface area contributed by atoms with E-state index < -0.39 is 11.9 Å². The van der Waals surface area contributed by atoms with Crippen LogP contribution in [0.4, 0.5) is 4.39 Å². The molecule has 18 heavy (non-hydrogen) atoms. The van der Waals surface area contributed by atoms with Gasteiger partial charge < -0.3 is 4.74 Å². The highest BCUT2D eigenvalue weighted by Gasteiger charge is 2.23. The Morgan fingerprint density at radius 2 is 2.11 bits per heavy atom. The Bertz CT molecular complexity index is 407. The summed E-state index contributed by atoms with van der Waals surface area (Å²) in [5, 5.41) is 0. The van der Waals surface area contributed by atoms with Gasteiger partial charge in [0.05, 0.1) is 0 Å². The van der Waals surface area contributed by atoms with E-state index in [1.165, 1.54) is 6.07 Å². The fraction of sp³-hybridized carbons (Fsp3) is 0.500. The maximum absolute atomic E-state index is 13.8. The molecule has 0 saturated carbocycles. The van der Waals surface area contributed by atoms with Crippen molar-refractivity contribution in [2.24, 2.45) is 0 Å². The lowest BCUT2D eigenvalue weighted by molar-refractivity contribution is -0.131. The van der Waals surface area contributed by atoms with Crippen molar-refractivity contribution in [1.29, 1.82) is 0 Å². The molecule has 0 spiro atoms. The zero-order valence-corrected chi connectivity index (χ0v) is 12.3. The molecule has 1 rings (SSSR count). The van der Waals surface area contributed by atoms with Gasteiger partial charge in [-0.25, -0.2) is 4.39 Å². The van der Waals surface area contributed by atoms with E-state index in [-0.39, 0.29) is 5.78 Å². The monoisotopic (exact) mass is 316 g/mol. The minimum Gasteiger partial charge on any atom is -0.366 e. The molecule has 0 bridgehead atoms. The van der Waals surface area contributed by atoms with Gasteiger partial charge in [0.1, 0.15) is 11.9 Å². The largest absolute Gasteiger partial charge is 0.366 e. The van der Waals surface area contributed by atoms with Crippen molar-refractivity contribution in [3.8, 4) is 0 Å². The normalized spacial score (nSPS) is 12.4. The number of benzene rings is 1. The maximum atomic E-state index is 13.8. The maximum Gasteiger partial charge on any atom is 0.166 e. The minimum absolute atomic E-state index is 0.0667. The number of ether oxygens (including phenoxy) is 1. The van der Waals surface area contributed by atoms with Crippen LogP contribution in [0.3, 0.4) is 0 Å². The van der Waals surface area contributed by atoms with Crippen molar-refractivity contribution in [3.05, 3.63) is 34.1 Å². The lowest BCUT2D eigenvalue weighted by Gasteiger charge is -2.17. The van der Waals surface area contributed by atoms with E-state index in [9.17, 15) is 9.18 Å². The van der Waals surface area contributed by atoms with Crippen LogP contribution in [0.5, 0.6) is 0 Å². The van der Waals surface area contributed by atoms with Gasteiger partial charge in [0.15, 0.2) is 5.78 Å². The lowest BCUT2D eigenvalue weighted by Crippen LogP contribution is -2.17. The molecule has 1 atom stereocenters. The van der Waals surface area contributed by atoms with E-state index in [0.29, 0.717) is 18.6 Å². The van der Waals surface area contributed by atoms with Crippen LogP contribution < -0.4 is 0 Å². The Balaban J connectivity index is 3.00. The van der Waals surface area contributed by atoms with E-state index in [2.05, 4.69) is 15.9 Å². The summed E-state index contributed by atoms with van der Waals surface area (Å²) >= 11 is 3.29. The van der Waals surface area contributed by atoms with E-state index in [1.54, 1.807) is 12.1 Å². The van der Waals surface area contributed by atoms with E-state index in [0.717, 1.165) is 17.3 Å². The Morgan fingerprint density at radius 3 is 2.72 bits per heavy atom. The molecule has 0 saturated heterocycles. The average Bonchev–Trinajstić information content (AvgIpc) is 2.34. The quantitative estimate of drug-likeness (QED) is 0.744. The van der Waals surface area contributed by atoms with Gasteiger partial charge in [-0.1, -0.05) is 29.8 Å². The smallest absolute Gasteiger partial charge is 0.166 e. The molecule has 0 aliphatic heterocycles. The topological polar surface area (TPSA) is 26.3 Å². The van der Waals surface area contributed by atoms with Crippen molar-refractivity contribution in [2.45, 2.75) is 39.2 Å². The summed E-state index contributed by atoms with van der Waals surface area (Å²) in [7, 11) is 0. The molecule has 100 valence electrons. The van der Waals surface area contributed by atoms with Gasteiger partial charge in [-0.15, -0.1) is 0 Å². The number of hydrogen-bond acceptors (Lipinski definition) is 2. The highest BCUT2D eigenvalue weighted by molar-refractivity contribution is 9.10. The highest BCUT2D eigenvalue weighted by atomic mass is 79.9. The minimum atomic E-state index is -0.789. The highest BCUT2D eigenvalue weighted by Crippen LogP contribution is 2.26. The zero-order chi connectivity index (χ0) is 13.5. The number of carbonyl (C=O) groups is 1. The number of rotatable bonds is 7. The van der Waals surface area contributed by atoms with Gasteiger partial charge in [-0.2, -0.15) is 0 Å². The second kappa shape index (κ2) is 7.64. The van der Waals surface area contributed by atoms with E-state index in [4.69, 9.17) is 4.74 Å². The van der Waals surface area contributed by atoms with Crippen LogP contribution in [0.1, 0.15) is 44.8 Å². The molecule has 2 nitrogen and oxygen atoms in total. The zero-order valence-electron chi connectivity index (χ0n) is 10.7. The van der Waals surface area contributed by atoms with Crippen LogP contribution in [0.2, 0.25) is 0 Å². The van der Waals surface area contributed by atoms with E-state index in [1.807, 2.05) is 13.8 Å². The summed E-state index contributed by atoms with van der Waals surface area (Å²) in [6, 6.07) is 4.57. The Morgan fingerprint density at radius 1 is 1.39 bits per heavy atom. The Labute approximate surface area is 116 Å². The molecule has 4 heteroatoms. The van der Waals surface area contributed by atoms with Crippen LogP contribution in [0, 0.1) is 5.82 Å².